The molecule has 0 bridgehead atoms. The number of benzene rings is 5. The average Bonchev–Trinajstić information content (AvgIpc) is 3.59. The number of aromatic nitrogens is 1. The lowest BCUT2D eigenvalue weighted by molar-refractivity contribution is -0.116. The third kappa shape index (κ3) is 9.28. The zero-order valence-corrected chi connectivity index (χ0v) is 29.3. The molecule has 248 valence electrons. The SMILES string of the molecule is O=C(Nc1cccc(SC(C(=O)Nc2nc(-c3ccc(Cl)cc3)cs2)c2ccccc2)c1)/C(=C/c1cccc(Cl)c1)NC(=O)c1ccccc1. The minimum Gasteiger partial charge on any atom is -0.321 e. The number of hydrogen-bond acceptors (Lipinski definition) is 6. The van der Waals surface area contributed by atoms with E-state index >= 15 is 0 Å². The number of rotatable bonds is 11. The Hall–Kier alpha value is -5.19. The van der Waals surface area contributed by atoms with Crippen LogP contribution >= 0.6 is 46.3 Å². The van der Waals surface area contributed by atoms with Gasteiger partial charge in [-0.3, -0.25) is 14.4 Å². The minimum absolute atomic E-state index is 0.0298. The zero-order chi connectivity index (χ0) is 34.9. The maximum atomic E-state index is 13.8. The van der Waals surface area contributed by atoms with Gasteiger partial charge in [0.15, 0.2) is 5.13 Å². The van der Waals surface area contributed by atoms with E-state index in [0.717, 1.165) is 21.7 Å². The number of thiazole rings is 1. The van der Waals surface area contributed by atoms with Gasteiger partial charge in [0.2, 0.25) is 5.91 Å². The first-order valence-electron chi connectivity index (χ1n) is 15.3. The predicted octanol–water partition coefficient (Wildman–Crippen LogP) is 10.00. The van der Waals surface area contributed by atoms with Crippen LogP contribution in [0.2, 0.25) is 10.0 Å². The van der Waals surface area contributed by atoms with Gasteiger partial charge in [0.05, 0.1) is 5.69 Å². The lowest BCUT2D eigenvalue weighted by atomic mass is 10.1. The van der Waals surface area contributed by atoms with Crippen molar-refractivity contribution in [2.45, 2.75) is 10.1 Å². The van der Waals surface area contributed by atoms with Gasteiger partial charge >= 0.3 is 0 Å². The van der Waals surface area contributed by atoms with E-state index in [1.54, 1.807) is 91.0 Å². The van der Waals surface area contributed by atoms with Crippen molar-refractivity contribution in [1.82, 2.24) is 10.3 Å². The Labute approximate surface area is 307 Å². The number of halogens is 2. The number of nitrogens with one attached hydrogen (secondary N) is 3. The summed E-state index contributed by atoms with van der Waals surface area (Å²) in [6, 6.07) is 39.6. The molecule has 0 saturated heterocycles. The highest BCUT2D eigenvalue weighted by Gasteiger charge is 2.24. The second-order valence-corrected chi connectivity index (χ2v) is 13.8. The highest BCUT2D eigenvalue weighted by Crippen LogP contribution is 2.38. The first kappa shape index (κ1) is 34.7. The highest BCUT2D eigenvalue weighted by atomic mass is 35.5. The minimum atomic E-state index is -0.631. The van der Waals surface area contributed by atoms with E-state index in [-0.39, 0.29) is 11.6 Å². The summed E-state index contributed by atoms with van der Waals surface area (Å²) in [4.78, 5) is 45.8. The first-order chi connectivity index (χ1) is 24.3. The smallest absolute Gasteiger partial charge is 0.272 e. The largest absolute Gasteiger partial charge is 0.321 e. The maximum Gasteiger partial charge on any atom is 0.272 e. The fourth-order valence-corrected chi connectivity index (χ4v) is 6.97. The number of anilines is 2. The van der Waals surface area contributed by atoms with Gasteiger partial charge in [-0.15, -0.1) is 23.1 Å². The summed E-state index contributed by atoms with van der Waals surface area (Å²) in [5, 5.41) is 11.5. The Morgan fingerprint density at radius 2 is 1.46 bits per heavy atom. The van der Waals surface area contributed by atoms with Crippen molar-refractivity contribution in [2.24, 2.45) is 0 Å². The van der Waals surface area contributed by atoms with E-state index in [2.05, 4.69) is 20.9 Å². The molecule has 6 rings (SSSR count). The third-order valence-corrected chi connectivity index (χ3v) is 9.74. The molecule has 1 atom stereocenters. The summed E-state index contributed by atoms with van der Waals surface area (Å²) >= 11 is 14.9. The van der Waals surface area contributed by atoms with Gasteiger partial charge in [-0.25, -0.2) is 4.98 Å². The van der Waals surface area contributed by atoms with Crippen molar-refractivity contribution in [3.8, 4) is 11.3 Å². The number of hydrogen-bond donors (Lipinski definition) is 3. The number of carbonyl (C=O) groups excluding carboxylic acids is 3. The molecular formula is C39H28Cl2N4O3S2. The van der Waals surface area contributed by atoms with Gasteiger partial charge in [0.25, 0.3) is 11.8 Å². The van der Waals surface area contributed by atoms with Gasteiger partial charge in [0.1, 0.15) is 10.9 Å². The Kier molecular flexibility index (Phi) is 11.4. The zero-order valence-electron chi connectivity index (χ0n) is 26.2. The summed E-state index contributed by atoms with van der Waals surface area (Å²) in [6.45, 7) is 0. The molecule has 3 N–H and O–H groups in total. The van der Waals surface area contributed by atoms with Crippen LogP contribution in [0.1, 0.15) is 26.7 Å². The number of carbonyl (C=O) groups is 3. The van der Waals surface area contributed by atoms with Crippen molar-refractivity contribution in [3.05, 3.63) is 171 Å². The molecule has 0 spiro atoms. The van der Waals surface area contributed by atoms with Gasteiger partial charge in [-0.2, -0.15) is 0 Å². The van der Waals surface area contributed by atoms with Crippen LogP contribution in [0.25, 0.3) is 17.3 Å². The van der Waals surface area contributed by atoms with Crippen LogP contribution in [0.5, 0.6) is 0 Å². The van der Waals surface area contributed by atoms with Crippen LogP contribution in [-0.4, -0.2) is 22.7 Å². The summed E-state index contributed by atoms with van der Waals surface area (Å²) in [5.74, 6) is -1.22. The van der Waals surface area contributed by atoms with Crippen LogP contribution in [0.3, 0.4) is 0 Å². The van der Waals surface area contributed by atoms with Crippen LogP contribution in [0.4, 0.5) is 10.8 Å². The highest BCUT2D eigenvalue weighted by molar-refractivity contribution is 8.00. The molecule has 0 saturated carbocycles. The second kappa shape index (κ2) is 16.5. The fourth-order valence-electron chi connectivity index (χ4n) is 4.84. The van der Waals surface area contributed by atoms with Gasteiger partial charge < -0.3 is 16.0 Å². The Morgan fingerprint density at radius 1 is 0.740 bits per heavy atom. The Bertz CT molecular complexity index is 2160. The van der Waals surface area contributed by atoms with Crippen LogP contribution in [0.15, 0.2) is 149 Å². The molecule has 7 nitrogen and oxygen atoms in total. The molecule has 0 fully saturated rings. The molecule has 0 aliphatic rings. The first-order valence-corrected chi connectivity index (χ1v) is 17.8. The molecule has 0 aliphatic carbocycles. The third-order valence-electron chi connectivity index (χ3n) is 7.25. The molecule has 11 heteroatoms. The predicted molar refractivity (Wildman–Crippen MR) is 205 cm³/mol. The summed E-state index contributed by atoms with van der Waals surface area (Å²) in [7, 11) is 0. The average molecular weight is 736 g/mol. The van der Waals surface area contributed by atoms with Crippen LogP contribution in [-0.2, 0) is 9.59 Å². The molecular weight excluding hydrogens is 707 g/mol. The van der Waals surface area contributed by atoms with E-state index in [1.165, 1.54) is 23.1 Å². The molecule has 1 unspecified atom stereocenters. The van der Waals surface area contributed by atoms with E-state index in [9.17, 15) is 14.4 Å². The standard InChI is InChI=1S/C39H28Cl2N4O3S2/c40-29-19-17-26(18-20-29)34-24-49-39(44-34)45-38(48)35(27-10-3-1-4-11-27)50-32-16-8-15-31(23-32)42-37(47)33(22-25-9-7-14-30(41)21-25)43-36(46)28-12-5-2-6-13-28/h1-24,35H,(H,42,47)(H,43,46)(H,44,45,48)/b33-22-. The molecule has 6 aromatic rings. The van der Waals surface area contributed by atoms with Crippen molar-refractivity contribution in [3.63, 3.8) is 0 Å². The monoisotopic (exact) mass is 734 g/mol. The quantitative estimate of drug-likeness (QED) is 0.0909. The number of thioether (sulfide) groups is 1. The van der Waals surface area contributed by atoms with Gasteiger partial charge in [0, 0.05) is 37.1 Å². The van der Waals surface area contributed by atoms with Gasteiger partial charge in [-0.05, 0) is 71.8 Å². The maximum absolute atomic E-state index is 13.8. The van der Waals surface area contributed by atoms with E-state index in [4.69, 9.17) is 23.2 Å². The van der Waals surface area contributed by atoms with Gasteiger partial charge in [-0.1, -0.05) is 102 Å². The fraction of sp³-hybridized carbons (Fsp3) is 0.0256. The van der Waals surface area contributed by atoms with Crippen molar-refractivity contribution in [1.29, 1.82) is 0 Å². The van der Waals surface area contributed by atoms with E-state index < -0.39 is 17.1 Å². The second-order valence-electron chi connectivity index (χ2n) is 10.9. The van der Waals surface area contributed by atoms with Crippen molar-refractivity contribution in [2.75, 3.05) is 10.6 Å². The molecule has 0 aliphatic heterocycles. The summed E-state index contributed by atoms with van der Waals surface area (Å²) < 4.78 is 0. The topological polar surface area (TPSA) is 100 Å². The Morgan fingerprint density at radius 3 is 2.20 bits per heavy atom. The number of amides is 3. The normalized spacial score (nSPS) is 11.8. The van der Waals surface area contributed by atoms with E-state index in [1.807, 2.05) is 53.9 Å². The lowest BCUT2D eigenvalue weighted by Gasteiger charge is -2.17. The van der Waals surface area contributed by atoms with Crippen LogP contribution < -0.4 is 16.0 Å². The molecule has 50 heavy (non-hydrogen) atoms. The van der Waals surface area contributed by atoms with Crippen LogP contribution in [0, 0.1) is 0 Å². The lowest BCUT2D eigenvalue weighted by Crippen LogP contribution is -2.30. The molecule has 1 aromatic heterocycles. The Balaban J connectivity index is 1.21. The van der Waals surface area contributed by atoms with Crippen molar-refractivity contribution < 1.29 is 14.4 Å². The summed E-state index contributed by atoms with van der Waals surface area (Å²) in [5.41, 5.74) is 3.97. The number of nitrogens with zero attached hydrogens (tertiary/aromatic N) is 1. The summed E-state index contributed by atoms with van der Waals surface area (Å²) in [6.07, 6.45) is 1.56. The van der Waals surface area contributed by atoms with E-state index in [0.29, 0.717) is 32.0 Å². The molecule has 0 radical (unpaired) electrons. The van der Waals surface area contributed by atoms with Crippen molar-refractivity contribution >= 4 is 80.9 Å². The molecule has 3 amide bonds. The molecule has 1 heterocycles. The molecule has 5 aromatic carbocycles.